The lowest BCUT2D eigenvalue weighted by Gasteiger charge is -2.25. The van der Waals surface area contributed by atoms with Crippen LogP contribution in [0.25, 0.3) is 0 Å². The number of fused-ring (bicyclic) bond motifs is 1. The summed E-state index contributed by atoms with van der Waals surface area (Å²) in [4.78, 5) is 16.2. The maximum absolute atomic E-state index is 11.9. The average molecular weight is 288 g/mol. The van der Waals surface area contributed by atoms with Crippen LogP contribution in [0.5, 0.6) is 0 Å². The van der Waals surface area contributed by atoms with Crippen molar-refractivity contribution in [2.45, 2.75) is 52.2 Å². The molecule has 3 N–H and O–H groups in total. The Labute approximate surface area is 119 Å². The molecule has 0 fully saturated rings. The van der Waals surface area contributed by atoms with Crippen molar-refractivity contribution in [2.75, 3.05) is 0 Å². The zero-order valence-electron chi connectivity index (χ0n) is 11.6. The molecule has 6 nitrogen and oxygen atoms in total. The highest BCUT2D eigenvalue weighted by Gasteiger charge is 2.25. The smallest absolute Gasteiger partial charge is 0.237 e. The summed E-state index contributed by atoms with van der Waals surface area (Å²) >= 11 is 0. The lowest BCUT2D eigenvalue weighted by atomic mass is 10.0. The van der Waals surface area contributed by atoms with Crippen LogP contribution in [-0.2, 0) is 17.8 Å². The predicted octanol–water partition coefficient (Wildman–Crippen LogP) is 0.423. The molecule has 0 bridgehead atoms. The second kappa shape index (κ2) is 6.34. The topological polar surface area (TPSA) is 85.8 Å². The van der Waals surface area contributed by atoms with E-state index >= 15 is 0 Å². The van der Waals surface area contributed by atoms with Crippen LogP contribution in [0, 0.1) is 12.8 Å². The molecule has 1 aliphatic rings. The Bertz CT molecular complexity index is 445. The van der Waals surface area contributed by atoms with Gasteiger partial charge in [0.15, 0.2) is 0 Å². The molecule has 0 saturated heterocycles. The molecule has 1 aliphatic heterocycles. The summed E-state index contributed by atoms with van der Waals surface area (Å²) in [5.74, 6) is 1.87. The molecule has 19 heavy (non-hydrogen) atoms. The number of carbonyl (C=O) groups excluding carboxylic acids is 1. The van der Waals surface area contributed by atoms with Crippen LogP contribution in [0.15, 0.2) is 0 Å². The molecule has 0 aliphatic carbocycles. The quantitative estimate of drug-likeness (QED) is 0.844. The number of halogens is 1. The van der Waals surface area contributed by atoms with E-state index in [0.717, 1.165) is 24.5 Å². The largest absolute Gasteiger partial charge is 0.350 e. The van der Waals surface area contributed by atoms with Crippen molar-refractivity contribution in [3.8, 4) is 0 Å². The summed E-state index contributed by atoms with van der Waals surface area (Å²) in [6.45, 7) is 6.47. The molecule has 0 saturated carbocycles. The fourth-order valence-electron chi connectivity index (χ4n) is 2.15. The van der Waals surface area contributed by atoms with E-state index in [9.17, 15) is 4.79 Å². The minimum absolute atomic E-state index is 0. The second-order valence-corrected chi connectivity index (χ2v) is 5.27. The Morgan fingerprint density at radius 3 is 2.84 bits per heavy atom. The van der Waals surface area contributed by atoms with Gasteiger partial charge in [0.25, 0.3) is 0 Å². The third-order valence-corrected chi connectivity index (χ3v) is 3.33. The number of hydrogen-bond acceptors (Lipinski definition) is 4. The predicted molar refractivity (Wildman–Crippen MR) is 75.1 cm³/mol. The van der Waals surface area contributed by atoms with Gasteiger partial charge in [0.1, 0.15) is 11.6 Å². The van der Waals surface area contributed by atoms with Crippen LogP contribution in [-0.4, -0.2) is 32.8 Å². The number of rotatable bonds is 3. The number of aryl methyl sites for hydroxylation is 2. The lowest BCUT2D eigenvalue weighted by molar-refractivity contribution is -0.124. The highest BCUT2D eigenvalue weighted by atomic mass is 35.5. The number of nitrogens with two attached hydrogens (primary N) is 1. The molecule has 2 heterocycles. The molecule has 7 heteroatoms. The number of hydrogen-bond donors (Lipinski definition) is 2. The summed E-state index contributed by atoms with van der Waals surface area (Å²) in [5, 5.41) is 7.31. The molecule has 1 aromatic heterocycles. The number of nitrogens with one attached hydrogen (secondary N) is 1. The standard InChI is InChI=1S/C12H21N5O.ClH/c1-7(2)11(13)12(18)15-9-4-5-10-14-8(3)16-17(10)6-9;/h7,9,11H,4-6,13H2,1-3H3,(H,15,18);1H/t9?,11-;/m0./s1. The summed E-state index contributed by atoms with van der Waals surface area (Å²) in [5.41, 5.74) is 5.83. The van der Waals surface area contributed by atoms with Crippen LogP contribution < -0.4 is 11.1 Å². The minimum atomic E-state index is -0.441. The number of carbonyl (C=O) groups is 1. The average Bonchev–Trinajstić information content (AvgIpc) is 2.67. The van der Waals surface area contributed by atoms with Crippen molar-refractivity contribution in [1.29, 1.82) is 0 Å². The summed E-state index contributed by atoms with van der Waals surface area (Å²) in [7, 11) is 0. The first-order valence-electron chi connectivity index (χ1n) is 6.43. The van der Waals surface area contributed by atoms with Crippen LogP contribution in [0.4, 0.5) is 0 Å². The van der Waals surface area contributed by atoms with Gasteiger partial charge in [-0.05, 0) is 19.3 Å². The Balaban J connectivity index is 0.00000180. The monoisotopic (exact) mass is 287 g/mol. The van der Waals surface area contributed by atoms with Gasteiger partial charge in [-0.25, -0.2) is 9.67 Å². The lowest BCUT2D eigenvalue weighted by Crippen LogP contribution is -2.50. The highest BCUT2D eigenvalue weighted by Crippen LogP contribution is 2.13. The first kappa shape index (κ1) is 15.9. The first-order valence-corrected chi connectivity index (χ1v) is 6.43. The van der Waals surface area contributed by atoms with Gasteiger partial charge in [0.2, 0.25) is 5.91 Å². The van der Waals surface area contributed by atoms with Gasteiger partial charge in [-0.1, -0.05) is 13.8 Å². The number of aromatic nitrogens is 3. The van der Waals surface area contributed by atoms with Crippen molar-refractivity contribution in [2.24, 2.45) is 11.7 Å². The molecule has 2 atom stereocenters. The van der Waals surface area contributed by atoms with E-state index in [1.54, 1.807) is 0 Å². The summed E-state index contributed by atoms with van der Waals surface area (Å²) in [6, 6.07) is -0.334. The second-order valence-electron chi connectivity index (χ2n) is 5.27. The van der Waals surface area contributed by atoms with Gasteiger partial charge < -0.3 is 11.1 Å². The van der Waals surface area contributed by atoms with E-state index in [-0.39, 0.29) is 30.3 Å². The Morgan fingerprint density at radius 1 is 1.53 bits per heavy atom. The fraction of sp³-hybridized carbons (Fsp3) is 0.750. The number of nitrogens with zero attached hydrogens (tertiary/aromatic N) is 3. The Kier molecular flexibility index (Phi) is 5.31. The molecule has 2 rings (SSSR count). The molecule has 1 unspecified atom stereocenters. The molecule has 0 aromatic carbocycles. The fourth-order valence-corrected chi connectivity index (χ4v) is 2.15. The van der Waals surface area contributed by atoms with Gasteiger partial charge in [0.05, 0.1) is 12.6 Å². The van der Waals surface area contributed by atoms with Crippen molar-refractivity contribution in [3.63, 3.8) is 0 Å². The molecule has 0 radical (unpaired) electrons. The SMILES string of the molecule is Cc1nc2n(n1)CC(NC(=O)[C@@H](N)C(C)C)CC2.Cl. The van der Waals surface area contributed by atoms with Gasteiger partial charge in [-0.15, -0.1) is 12.4 Å². The molecule has 1 amide bonds. The van der Waals surface area contributed by atoms with E-state index in [4.69, 9.17) is 5.73 Å². The van der Waals surface area contributed by atoms with E-state index in [1.807, 2.05) is 25.5 Å². The van der Waals surface area contributed by atoms with Crippen molar-refractivity contribution < 1.29 is 4.79 Å². The van der Waals surface area contributed by atoms with Crippen LogP contribution >= 0.6 is 12.4 Å². The van der Waals surface area contributed by atoms with Gasteiger partial charge >= 0.3 is 0 Å². The molecule has 0 spiro atoms. The van der Waals surface area contributed by atoms with E-state index in [2.05, 4.69) is 15.4 Å². The van der Waals surface area contributed by atoms with Crippen molar-refractivity contribution in [3.05, 3.63) is 11.6 Å². The number of amides is 1. The third kappa shape index (κ3) is 3.67. The maximum Gasteiger partial charge on any atom is 0.237 e. The summed E-state index contributed by atoms with van der Waals surface area (Å²) < 4.78 is 1.88. The molecule has 108 valence electrons. The highest BCUT2D eigenvalue weighted by molar-refractivity contribution is 5.85. The van der Waals surface area contributed by atoms with Gasteiger partial charge in [-0.3, -0.25) is 4.79 Å². The van der Waals surface area contributed by atoms with E-state index < -0.39 is 6.04 Å². The van der Waals surface area contributed by atoms with Crippen molar-refractivity contribution >= 4 is 18.3 Å². The Hall–Kier alpha value is -1.14. The third-order valence-electron chi connectivity index (χ3n) is 3.33. The first-order chi connectivity index (χ1) is 8.47. The maximum atomic E-state index is 11.9. The minimum Gasteiger partial charge on any atom is -0.350 e. The zero-order chi connectivity index (χ0) is 13.3. The van der Waals surface area contributed by atoms with E-state index in [0.29, 0.717) is 6.54 Å². The van der Waals surface area contributed by atoms with E-state index in [1.165, 1.54) is 0 Å². The Morgan fingerprint density at radius 2 is 2.21 bits per heavy atom. The van der Waals surface area contributed by atoms with Crippen molar-refractivity contribution in [1.82, 2.24) is 20.1 Å². The molecule has 1 aromatic rings. The summed E-state index contributed by atoms with van der Waals surface area (Å²) in [6.07, 6.45) is 1.75. The van der Waals surface area contributed by atoms with Crippen LogP contribution in [0.1, 0.15) is 31.9 Å². The van der Waals surface area contributed by atoms with Gasteiger partial charge in [-0.2, -0.15) is 5.10 Å². The normalized spacial score (nSPS) is 19.5. The van der Waals surface area contributed by atoms with Crippen LogP contribution in [0.3, 0.4) is 0 Å². The van der Waals surface area contributed by atoms with Crippen LogP contribution in [0.2, 0.25) is 0 Å². The molecular weight excluding hydrogens is 266 g/mol. The zero-order valence-corrected chi connectivity index (χ0v) is 12.4. The molecular formula is C12H22ClN5O. The van der Waals surface area contributed by atoms with Gasteiger partial charge in [0, 0.05) is 12.5 Å².